The lowest BCUT2D eigenvalue weighted by atomic mass is 9.84. The Balaban J connectivity index is 1.38. The second kappa shape index (κ2) is 10.2. The maximum absolute atomic E-state index is 2.42. The van der Waals surface area contributed by atoms with Gasteiger partial charge in [-0.15, -0.1) is 0 Å². The molecule has 45 heavy (non-hydrogen) atoms. The number of hydrogen-bond donors (Lipinski definition) is 0. The highest BCUT2D eigenvalue weighted by Gasteiger charge is 2.18. The van der Waals surface area contributed by atoms with Gasteiger partial charge >= 0.3 is 0 Å². The summed E-state index contributed by atoms with van der Waals surface area (Å²) in [5.41, 5.74) is 8.81. The van der Waals surface area contributed by atoms with Gasteiger partial charge in [-0.05, 0) is 118 Å². The lowest BCUT2D eigenvalue weighted by molar-refractivity contribution is 1.50. The largest absolute Gasteiger partial charge is 0.0616 e. The van der Waals surface area contributed by atoms with E-state index in [0.29, 0.717) is 0 Å². The Labute approximate surface area is 262 Å². The third-order valence-electron chi connectivity index (χ3n) is 9.43. The third kappa shape index (κ3) is 4.30. The average molecular weight is 571 g/mol. The van der Waals surface area contributed by atoms with Crippen molar-refractivity contribution in [1.82, 2.24) is 0 Å². The molecule has 0 aliphatic carbocycles. The lowest BCUT2D eigenvalue weighted by Crippen LogP contribution is -1.92. The van der Waals surface area contributed by atoms with Crippen LogP contribution < -0.4 is 0 Å². The van der Waals surface area contributed by atoms with Gasteiger partial charge in [-0.25, -0.2) is 0 Å². The highest BCUT2D eigenvalue weighted by atomic mass is 14.2. The Morgan fingerprint density at radius 1 is 0.267 bits per heavy atom. The molecule has 210 valence electrons. The molecule has 0 aliphatic heterocycles. The van der Waals surface area contributed by atoms with Crippen molar-refractivity contribution in [3.63, 3.8) is 0 Å². The molecule has 0 spiro atoms. The minimum Gasteiger partial charge on any atom is -0.0616 e. The Kier molecular flexibility index (Phi) is 5.83. The molecule has 0 heteroatoms. The van der Waals surface area contributed by atoms with Crippen molar-refractivity contribution in [3.8, 4) is 33.4 Å². The summed E-state index contributed by atoms with van der Waals surface area (Å²) in [5, 5.41) is 12.7. The predicted octanol–water partition coefficient (Wildman–Crippen LogP) is 12.8. The Morgan fingerprint density at radius 3 is 1.33 bits per heavy atom. The Morgan fingerprint density at radius 2 is 0.667 bits per heavy atom. The molecule has 0 amide bonds. The molecule has 0 nitrogen and oxygen atoms in total. The van der Waals surface area contributed by atoms with E-state index in [0.717, 1.165) is 0 Å². The van der Waals surface area contributed by atoms with Gasteiger partial charge in [0.2, 0.25) is 0 Å². The van der Waals surface area contributed by atoms with Crippen molar-refractivity contribution in [2.45, 2.75) is 6.92 Å². The molecule has 9 aromatic rings. The van der Waals surface area contributed by atoms with Crippen molar-refractivity contribution < 1.29 is 0 Å². The van der Waals surface area contributed by atoms with Crippen LogP contribution in [-0.2, 0) is 0 Å². The van der Waals surface area contributed by atoms with Crippen LogP contribution in [0.1, 0.15) is 5.56 Å². The number of rotatable bonds is 3. The van der Waals surface area contributed by atoms with E-state index in [2.05, 4.69) is 171 Å². The highest BCUT2D eigenvalue weighted by molar-refractivity contribution is 6.22. The molecule has 0 saturated heterocycles. The maximum Gasteiger partial charge on any atom is -0.00259 e. The molecule has 0 N–H and O–H groups in total. The molecular weight excluding hydrogens is 540 g/mol. The van der Waals surface area contributed by atoms with E-state index in [1.807, 2.05) is 0 Å². The minimum absolute atomic E-state index is 1.23. The normalized spacial score (nSPS) is 11.7. The molecule has 0 heterocycles. The fourth-order valence-corrected chi connectivity index (χ4v) is 7.21. The summed E-state index contributed by atoms with van der Waals surface area (Å²) in [5.74, 6) is 0. The summed E-state index contributed by atoms with van der Waals surface area (Å²) in [6.45, 7) is 2.16. The van der Waals surface area contributed by atoms with Gasteiger partial charge < -0.3 is 0 Å². The fourth-order valence-electron chi connectivity index (χ4n) is 7.21. The maximum atomic E-state index is 2.42. The lowest BCUT2D eigenvalue weighted by Gasteiger charge is -2.19. The molecule has 0 bridgehead atoms. The van der Waals surface area contributed by atoms with Crippen LogP contribution in [0.15, 0.2) is 164 Å². The second-order valence-electron chi connectivity index (χ2n) is 12.2. The SMILES string of the molecule is Cc1ccc2cc(-c3ccc4c(-c5ccc6ccccc6c5)c5ccccc5c(-c5ccc6ccccc6c5)c4c3)ccc2c1. The van der Waals surface area contributed by atoms with Gasteiger partial charge in [0.15, 0.2) is 0 Å². The zero-order chi connectivity index (χ0) is 29.9. The second-order valence-corrected chi connectivity index (χ2v) is 12.2. The van der Waals surface area contributed by atoms with Crippen molar-refractivity contribution in [2.75, 3.05) is 0 Å². The van der Waals surface area contributed by atoms with Gasteiger partial charge in [0.1, 0.15) is 0 Å². The van der Waals surface area contributed by atoms with Gasteiger partial charge in [-0.3, -0.25) is 0 Å². The Bertz CT molecular complexity index is 2600. The molecule has 0 saturated carbocycles. The summed E-state index contributed by atoms with van der Waals surface area (Å²) in [6.07, 6.45) is 0. The molecular formula is C45H30. The first-order valence-electron chi connectivity index (χ1n) is 15.7. The quantitative estimate of drug-likeness (QED) is 0.185. The van der Waals surface area contributed by atoms with Gasteiger partial charge in [0.05, 0.1) is 0 Å². The van der Waals surface area contributed by atoms with Crippen LogP contribution in [0.4, 0.5) is 0 Å². The van der Waals surface area contributed by atoms with E-state index >= 15 is 0 Å². The van der Waals surface area contributed by atoms with E-state index in [-0.39, 0.29) is 0 Å². The summed E-state index contributed by atoms with van der Waals surface area (Å²) in [6, 6.07) is 60.7. The number of aryl methyl sites for hydroxylation is 1. The van der Waals surface area contributed by atoms with E-state index in [9.17, 15) is 0 Å². The van der Waals surface area contributed by atoms with Gasteiger partial charge in [0.25, 0.3) is 0 Å². The molecule has 0 radical (unpaired) electrons. The van der Waals surface area contributed by atoms with Crippen molar-refractivity contribution in [3.05, 3.63) is 169 Å². The molecule has 0 aromatic heterocycles. The van der Waals surface area contributed by atoms with Gasteiger partial charge in [0, 0.05) is 0 Å². The van der Waals surface area contributed by atoms with Crippen molar-refractivity contribution >= 4 is 53.9 Å². The highest BCUT2D eigenvalue weighted by Crippen LogP contribution is 2.45. The van der Waals surface area contributed by atoms with E-state index < -0.39 is 0 Å². The standard InChI is InChI=1S/C45H30/c1-29-14-15-35-25-36(19-18-34(35)24-29)37-22-23-42-43(28-37)45(39-21-17-31-9-3-5-11-33(31)27-39)41-13-7-6-12-40(41)44(42)38-20-16-30-8-2-4-10-32(30)26-38/h2-28H,1H3. The van der Waals surface area contributed by atoms with Crippen LogP contribution in [0.2, 0.25) is 0 Å². The summed E-state index contributed by atoms with van der Waals surface area (Å²) in [7, 11) is 0. The monoisotopic (exact) mass is 570 g/mol. The molecule has 0 unspecified atom stereocenters. The van der Waals surface area contributed by atoms with E-state index in [1.54, 1.807) is 0 Å². The third-order valence-corrected chi connectivity index (χ3v) is 9.43. The van der Waals surface area contributed by atoms with E-state index in [4.69, 9.17) is 0 Å². The summed E-state index contributed by atoms with van der Waals surface area (Å²) < 4.78 is 0. The van der Waals surface area contributed by atoms with Crippen LogP contribution in [0.25, 0.3) is 87.2 Å². The zero-order valence-electron chi connectivity index (χ0n) is 25.1. The summed E-state index contributed by atoms with van der Waals surface area (Å²) in [4.78, 5) is 0. The van der Waals surface area contributed by atoms with Crippen LogP contribution in [0.5, 0.6) is 0 Å². The van der Waals surface area contributed by atoms with Crippen LogP contribution >= 0.6 is 0 Å². The van der Waals surface area contributed by atoms with Crippen LogP contribution in [-0.4, -0.2) is 0 Å². The van der Waals surface area contributed by atoms with Gasteiger partial charge in [-0.2, -0.15) is 0 Å². The Hall–Kier alpha value is -5.72. The van der Waals surface area contributed by atoms with Crippen molar-refractivity contribution in [1.29, 1.82) is 0 Å². The fraction of sp³-hybridized carbons (Fsp3) is 0.0222. The zero-order valence-corrected chi connectivity index (χ0v) is 25.1. The topological polar surface area (TPSA) is 0 Å². The smallest absolute Gasteiger partial charge is 0.00259 e. The van der Waals surface area contributed by atoms with Crippen LogP contribution in [0.3, 0.4) is 0 Å². The number of benzene rings is 9. The van der Waals surface area contributed by atoms with Gasteiger partial charge in [-0.1, -0.05) is 145 Å². The van der Waals surface area contributed by atoms with Crippen molar-refractivity contribution in [2.24, 2.45) is 0 Å². The number of fused-ring (bicyclic) bond motifs is 5. The van der Waals surface area contributed by atoms with E-state index in [1.165, 1.54) is 92.8 Å². The number of hydrogen-bond acceptors (Lipinski definition) is 0. The first kappa shape index (κ1) is 25.7. The van der Waals surface area contributed by atoms with Crippen LogP contribution in [0, 0.1) is 6.92 Å². The summed E-state index contributed by atoms with van der Waals surface area (Å²) >= 11 is 0. The first-order valence-corrected chi connectivity index (χ1v) is 15.7. The molecule has 9 aromatic carbocycles. The predicted molar refractivity (Wildman–Crippen MR) is 195 cm³/mol. The molecule has 0 fully saturated rings. The molecule has 0 aliphatic rings. The molecule has 0 atom stereocenters. The minimum atomic E-state index is 1.23. The average Bonchev–Trinajstić information content (AvgIpc) is 3.09. The first-order chi connectivity index (χ1) is 22.2. The molecule has 9 rings (SSSR count).